The number of benzene rings is 1. The molecule has 0 fully saturated rings. The van der Waals surface area contributed by atoms with Gasteiger partial charge in [0.05, 0.1) is 5.69 Å². The van der Waals surface area contributed by atoms with Crippen molar-refractivity contribution >= 4 is 5.82 Å². The van der Waals surface area contributed by atoms with Crippen LogP contribution in [0.2, 0.25) is 0 Å². The molecule has 1 heterocycles. The minimum atomic E-state index is -0.264. The molecule has 124 valence electrons. The second-order valence-corrected chi connectivity index (χ2v) is 6.23. The number of nitrogens with zero attached hydrogens (tertiary/aromatic N) is 2. The van der Waals surface area contributed by atoms with Crippen molar-refractivity contribution in [1.29, 1.82) is 0 Å². The Morgan fingerprint density at radius 1 is 1.17 bits per heavy atom. The third kappa shape index (κ3) is 4.27. The Labute approximate surface area is 138 Å². The number of rotatable bonds is 7. The second-order valence-electron chi connectivity index (χ2n) is 6.23. The van der Waals surface area contributed by atoms with Gasteiger partial charge in [-0.25, -0.2) is 4.39 Å². The molecule has 1 atom stereocenters. The van der Waals surface area contributed by atoms with Crippen LogP contribution in [0.1, 0.15) is 63.0 Å². The van der Waals surface area contributed by atoms with Crippen LogP contribution in [0.4, 0.5) is 10.2 Å². The Morgan fingerprint density at radius 3 is 2.65 bits per heavy atom. The zero-order valence-electron chi connectivity index (χ0n) is 14.3. The fourth-order valence-electron chi connectivity index (χ4n) is 3.02. The van der Waals surface area contributed by atoms with Crippen LogP contribution in [0.3, 0.4) is 0 Å². The van der Waals surface area contributed by atoms with Crippen molar-refractivity contribution in [1.82, 2.24) is 10.2 Å². The Balaban J connectivity index is 2.34. The highest BCUT2D eigenvalue weighted by atomic mass is 19.1. The zero-order valence-corrected chi connectivity index (χ0v) is 14.3. The van der Waals surface area contributed by atoms with Crippen molar-refractivity contribution in [2.45, 2.75) is 58.8 Å². The third-order valence-corrected chi connectivity index (χ3v) is 4.38. The summed E-state index contributed by atoms with van der Waals surface area (Å²) in [4.78, 5) is 0. The molecule has 1 unspecified atom stereocenters. The maximum Gasteiger partial charge on any atom is 0.149 e. The van der Waals surface area contributed by atoms with Crippen LogP contribution in [-0.4, -0.2) is 10.2 Å². The summed E-state index contributed by atoms with van der Waals surface area (Å²) in [6, 6.07) is 6.52. The molecule has 0 bridgehead atoms. The minimum Gasteiger partial charge on any atom is -0.382 e. The largest absolute Gasteiger partial charge is 0.382 e. The van der Waals surface area contributed by atoms with Crippen LogP contribution in [0.5, 0.6) is 0 Å². The number of aromatic nitrogens is 2. The van der Waals surface area contributed by atoms with E-state index in [1.54, 1.807) is 6.07 Å². The second kappa shape index (κ2) is 8.04. The molecule has 4 heteroatoms. The predicted octanol–water partition coefficient (Wildman–Crippen LogP) is 5.25. The number of hydrogen-bond donors (Lipinski definition) is 1. The highest BCUT2D eigenvalue weighted by molar-refractivity contribution is 5.67. The van der Waals surface area contributed by atoms with Gasteiger partial charge in [-0.3, -0.25) is 0 Å². The summed E-state index contributed by atoms with van der Waals surface area (Å²) in [7, 11) is 0. The molecule has 0 aliphatic heterocycles. The quantitative estimate of drug-likeness (QED) is 0.710. The summed E-state index contributed by atoms with van der Waals surface area (Å²) in [5.41, 5.74) is 9.53. The van der Waals surface area contributed by atoms with Gasteiger partial charge in [-0.1, -0.05) is 51.7 Å². The number of unbranched alkanes of at least 4 members (excludes halogenated alkanes) is 3. The molecule has 0 aliphatic rings. The van der Waals surface area contributed by atoms with Gasteiger partial charge in [0.25, 0.3) is 0 Å². The van der Waals surface area contributed by atoms with Gasteiger partial charge in [0.2, 0.25) is 0 Å². The Morgan fingerprint density at radius 2 is 1.96 bits per heavy atom. The number of anilines is 1. The normalized spacial score (nSPS) is 12.3. The Kier molecular flexibility index (Phi) is 6.08. The molecule has 2 N–H and O–H groups in total. The van der Waals surface area contributed by atoms with Gasteiger partial charge in [-0.05, 0) is 42.5 Å². The number of nitrogens with two attached hydrogens (primary N) is 1. The van der Waals surface area contributed by atoms with Gasteiger partial charge >= 0.3 is 0 Å². The van der Waals surface area contributed by atoms with Gasteiger partial charge in [0, 0.05) is 5.56 Å². The van der Waals surface area contributed by atoms with Crippen LogP contribution in [0.15, 0.2) is 24.3 Å². The molecule has 2 aromatic rings. The van der Waals surface area contributed by atoms with E-state index in [0.29, 0.717) is 11.7 Å². The summed E-state index contributed by atoms with van der Waals surface area (Å²) >= 11 is 0. The van der Waals surface area contributed by atoms with Gasteiger partial charge in [0.15, 0.2) is 0 Å². The molecule has 1 aromatic carbocycles. The first-order valence-corrected chi connectivity index (χ1v) is 8.43. The first-order valence-electron chi connectivity index (χ1n) is 8.43. The molecular formula is C19H26FN3. The maximum atomic E-state index is 13.6. The topological polar surface area (TPSA) is 51.8 Å². The van der Waals surface area contributed by atoms with Gasteiger partial charge in [-0.15, -0.1) is 10.2 Å². The summed E-state index contributed by atoms with van der Waals surface area (Å²) < 4.78 is 13.6. The van der Waals surface area contributed by atoms with Crippen molar-refractivity contribution in [2.75, 3.05) is 5.73 Å². The average molecular weight is 315 g/mol. The maximum absolute atomic E-state index is 13.6. The molecule has 0 saturated carbocycles. The minimum absolute atomic E-state index is 0.264. The molecule has 0 aliphatic carbocycles. The van der Waals surface area contributed by atoms with Crippen LogP contribution in [-0.2, 0) is 0 Å². The number of hydrogen-bond acceptors (Lipinski definition) is 3. The van der Waals surface area contributed by atoms with Crippen LogP contribution in [0, 0.1) is 12.7 Å². The lowest BCUT2D eigenvalue weighted by atomic mass is 9.88. The fraction of sp³-hybridized carbons (Fsp3) is 0.474. The lowest BCUT2D eigenvalue weighted by Gasteiger charge is -2.19. The molecule has 0 amide bonds. The molecule has 2 rings (SSSR count). The molecule has 3 nitrogen and oxygen atoms in total. The van der Waals surface area contributed by atoms with Crippen LogP contribution >= 0.6 is 0 Å². The van der Waals surface area contributed by atoms with E-state index in [1.807, 2.05) is 13.0 Å². The van der Waals surface area contributed by atoms with Crippen molar-refractivity contribution in [2.24, 2.45) is 0 Å². The third-order valence-electron chi connectivity index (χ3n) is 4.38. The van der Waals surface area contributed by atoms with Gasteiger partial charge < -0.3 is 5.73 Å². The van der Waals surface area contributed by atoms with Gasteiger partial charge in [0.1, 0.15) is 11.6 Å². The van der Waals surface area contributed by atoms with E-state index in [0.717, 1.165) is 28.8 Å². The van der Waals surface area contributed by atoms with Crippen molar-refractivity contribution in [3.8, 4) is 11.3 Å². The smallest absolute Gasteiger partial charge is 0.149 e. The molecule has 1 aromatic heterocycles. The summed E-state index contributed by atoms with van der Waals surface area (Å²) in [5, 5.41) is 8.32. The van der Waals surface area contributed by atoms with Crippen molar-refractivity contribution in [3.63, 3.8) is 0 Å². The fourth-order valence-corrected chi connectivity index (χ4v) is 3.02. The highest BCUT2D eigenvalue weighted by Crippen LogP contribution is 2.34. The van der Waals surface area contributed by atoms with Gasteiger partial charge in [-0.2, -0.15) is 0 Å². The highest BCUT2D eigenvalue weighted by Gasteiger charge is 2.19. The number of halogens is 1. The van der Waals surface area contributed by atoms with E-state index < -0.39 is 0 Å². The van der Waals surface area contributed by atoms with Crippen LogP contribution < -0.4 is 5.73 Å². The number of nitrogen functional groups attached to an aromatic ring is 1. The zero-order chi connectivity index (χ0) is 16.8. The lowest BCUT2D eigenvalue weighted by molar-refractivity contribution is 0.577. The van der Waals surface area contributed by atoms with Crippen molar-refractivity contribution in [3.05, 3.63) is 41.2 Å². The van der Waals surface area contributed by atoms with E-state index in [2.05, 4.69) is 24.0 Å². The summed E-state index contributed by atoms with van der Waals surface area (Å²) in [5.74, 6) is 0.517. The Hall–Kier alpha value is -1.97. The predicted molar refractivity (Wildman–Crippen MR) is 93.7 cm³/mol. The van der Waals surface area contributed by atoms with E-state index in [-0.39, 0.29) is 5.82 Å². The standard InChI is InChI=1S/C19H26FN3/c1-4-5-6-7-9-13(2)17-14(3)19(21)23-22-18(17)15-10-8-11-16(20)12-15/h8,10-13H,4-7,9H2,1-3H3,(H2,21,23). The van der Waals surface area contributed by atoms with E-state index in [4.69, 9.17) is 5.73 Å². The first-order chi connectivity index (χ1) is 11.0. The summed E-state index contributed by atoms with van der Waals surface area (Å²) in [6.07, 6.45) is 5.99. The molecule has 0 radical (unpaired) electrons. The molecule has 23 heavy (non-hydrogen) atoms. The lowest BCUT2D eigenvalue weighted by Crippen LogP contribution is -2.08. The van der Waals surface area contributed by atoms with Crippen molar-refractivity contribution < 1.29 is 4.39 Å². The monoisotopic (exact) mass is 315 g/mol. The molecule has 0 saturated heterocycles. The van der Waals surface area contributed by atoms with E-state index in [9.17, 15) is 4.39 Å². The SMILES string of the molecule is CCCCCCC(C)c1c(-c2cccc(F)c2)nnc(N)c1C. The van der Waals surface area contributed by atoms with E-state index in [1.165, 1.54) is 37.8 Å². The first kappa shape index (κ1) is 17.4. The molecular weight excluding hydrogens is 289 g/mol. The van der Waals surface area contributed by atoms with Crippen LogP contribution in [0.25, 0.3) is 11.3 Å². The van der Waals surface area contributed by atoms with E-state index >= 15 is 0 Å². The average Bonchev–Trinajstić information content (AvgIpc) is 2.53. The summed E-state index contributed by atoms with van der Waals surface area (Å²) in [6.45, 7) is 6.38. The Bertz CT molecular complexity index is 655. The molecule has 0 spiro atoms.